The summed E-state index contributed by atoms with van der Waals surface area (Å²) in [6.45, 7) is 3.10. The molecule has 0 bridgehead atoms. The van der Waals surface area contributed by atoms with Crippen molar-refractivity contribution in [2.24, 2.45) is 0 Å². The summed E-state index contributed by atoms with van der Waals surface area (Å²) < 4.78 is 6.84. The van der Waals surface area contributed by atoms with E-state index in [-0.39, 0.29) is 11.8 Å². The molecule has 1 aromatic heterocycles. The number of methoxy groups -OCH3 is 1. The van der Waals surface area contributed by atoms with Crippen molar-refractivity contribution in [3.05, 3.63) is 17.2 Å². The molecule has 0 saturated carbocycles. The third-order valence-corrected chi connectivity index (χ3v) is 4.20. The minimum Gasteiger partial charge on any atom is -0.383 e. The highest BCUT2D eigenvalue weighted by Gasteiger charge is 2.27. The average Bonchev–Trinajstić information content (AvgIpc) is 2.98. The highest BCUT2D eigenvalue weighted by Crippen LogP contribution is 2.21. The summed E-state index contributed by atoms with van der Waals surface area (Å²) in [5, 5.41) is 5.70. The fourth-order valence-electron chi connectivity index (χ4n) is 2.92. The smallest absolute Gasteiger partial charge is 0.287 e. The van der Waals surface area contributed by atoms with Crippen LogP contribution in [0.3, 0.4) is 0 Å². The molecule has 0 unspecified atom stereocenters. The van der Waals surface area contributed by atoms with Crippen molar-refractivity contribution in [3.8, 4) is 0 Å². The second kappa shape index (κ2) is 9.53. The van der Waals surface area contributed by atoms with Gasteiger partial charge in [-0.25, -0.2) is 4.98 Å². The van der Waals surface area contributed by atoms with Gasteiger partial charge < -0.3 is 24.8 Å². The van der Waals surface area contributed by atoms with Crippen LogP contribution in [0.1, 0.15) is 46.1 Å². The van der Waals surface area contributed by atoms with E-state index >= 15 is 0 Å². The summed E-state index contributed by atoms with van der Waals surface area (Å²) in [7, 11) is 5.59. The van der Waals surface area contributed by atoms with Crippen molar-refractivity contribution >= 4 is 11.8 Å². The van der Waals surface area contributed by atoms with Gasteiger partial charge in [-0.1, -0.05) is 0 Å². The summed E-state index contributed by atoms with van der Waals surface area (Å²) >= 11 is 0. The fourth-order valence-corrected chi connectivity index (χ4v) is 2.92. The van der Waals surface area contributed by atoms with Crippen LogP contribution in [0.15, 0.2) is 0 Å². The van der Waals surface area contributed by atoms with Crippen molar-refractivity contribution in [2.75, 3.05) is 47.4 Å². The van der Waals surface area contributed by atoms with E-state index in [0.717, 1.165) is 44.5 Å². The first-order valence-electron chi connectivity index (χ1n) is 8.84. The van der Waals surface area contributed by atoms with E-state index in [1.165, 1.54) is 0 Å². The first-order chi connectivity index (χ1) is 12.0. The van der Waals surface area contributed by atoms with Crippen LogP contribution in [0, 0.1) is 0 Å². The molecule has 0 aliphatic carbocycles. The topological polar surface area (TPSA) is 88.5 Å². The van der Waals surface area contributed by atoms with Gasteiger partial charge in [0, 0.05) is 26.7 Å². The molecule has 0 atom stereocenters. The predicted molar refractivity (Wildman–Crippen MR) is 94.9 cm³/mol. The molecule has 2 N–H and O–H groups in total. The van der Waals surface area contributed by atoms with Gasteiger partial charge in [0.25, 0.3) is 11.8 Å². The van der Waals surface area contributed by atoms with Gasteiger partial charge in [0.15, 0.2) is 5.82 Å². The number of rotatable bonds is 9. The Bertz CT molecular complexity index is 597. The molecule has 1 aliphatic rings. The number of aromatic nitrogens is 2. The van der Waals surface area contributed by atoms with E-state index in [1.807, 2.05) is 18.7 Å². The lowest BCUT2D eigenvalue weighted by molar-refractivity contribution is 0.0921. The van der Waals surface area contributed by atoms with Gasteiger partial charge in [0.05, 0.1) is 12.3 Å². The lowest BCUT2D eigenvalue weighted by Crippen LogP contribution is -2.30. The van der Waals surface area contributed by atoms with E-state index in [9.17, 15) is 9.59 Å². The zero-order chi connectivity index (χ0) is 18.2. The Kier molecular flexibility index (Phi) is 7.39. The molecule has 0 spiro atoms. The van der Waals surface area contributed by atoms with Crippen LogP contribution in [0.2, 0.25) is 0 Å². The van der Waals surface area contributed by atoms with Crippen molar-refractivity contribution < 1.29 is 14.3 Å². The van der Waals surface area contributed by atoms with Crippen LogP contribution < -0.4 is 10.6 Å². The number of amides is 2. The highest BCUT2D eigenvalue weighted by molar-refractivity contribution is 5.97. The Balaban J connectivity index is 2.07. The lowest BCUT2D eigenvalue weighted by atomic mass is 10.1. The third-order valence-electron chi connectivity index (χ3n) is 4.20. The van der Waals surface area contributed by atoms with Crippen LogP contribution in [0.25, 0.3) is 0 Å². The second-order valence-electron chi connectivity index (χ2n) is 6.50. The molecule has 25 heavy (non-hydrogen) atoms. The number of hydrogen-bond donors (Lipinski definition) is 2. The SMILES string of the molecule is COCCNC(=O)c1nc(C(=O)NCCCN(C)C)c2n1CCCC2. The number of carbonyl (C=O) groups excluding carboxylic acids is 2. The first-order valence-corrected chi connectivity index (χ1v) is 8.84. The summed E-state index contributed by atoms with van der Waals surface area (Å²) in [6.07, 6.45) is 3.65. The van der Waals surface area contributed by atoms with Gasteiger partial charge in [-0.2, -0.15) is 0 Å². The Morgan fingerprint density at radius 2 is 1.96 bits per heavy atom. The van der Waals surface area contributed by atoms with Crippen molar-refractivity contribution in [1.82, 2.24) is 25.1 Å². The standard InChI is InChI=1S/C17H29N5O3/c1-21(2)10-6-8-18-16(23)14-13-7-4-5-11-22(13)15(20-14)17(24)19-9-12-25-3/h4-12H2,1-3H3,(H,18,23)(H,19,24). The van der Waals surface area contributed by atoms with E-state index < -0.39 is 0 Å². The van der Waals surface area contributed by atoms with Crippen LogP contribution >= 0.6 is 0 Å². The van der Waals surface area contributed by atoms with E-state index in [1.54, 1.807) is 7.11 Å². The Morgan fingerprint density at radius 3 is 2.68 bits per heavy atom. The Hall–Kier alpha value is -1.93. The third kappa shape index (κ3) is 5.27. The zero-order valence-electron chi connectivity index (χ0n) is 15.4. The molecular weight excluding hydrogens is 322 g/mol. The molecule has 0 aromatic carbocycles. The molecular formula is C17H29N5O3. The number of hydrogen-bond acceptors (Lipinski definition) is 5. The number of ether oxygens (including phenoxy) is 1. The molecule has 2 rings (SSSR count). The van der Waals surface area contributed by atoms with E-state index in [2.05, 4.69) is 20.5 Å². The van der Waals surface area contributed by atoms with Crippen molar-refractivity contribution in [1.29, 1.82) is 0 Å². The van der Waals surface area contributed by atoms with Crippen LogP contribution in [0.4, 0.5) is 0 Å². The number of carbonyl (C=O) groups is 2. The summed E-state index contributed by atoms with van der Waals surface area (Å²) in [5.74, 6) is -0.128. The molecule has 1 aliphatic heterocycles. The maximum atomic E-state index is 12.5. The molecule has 2 heterocycles. The van der Waals surface area contributed by atoms with Gasteiger partial charge in [0.1, 0.15) is 5.69 Å². The highest BCUT2D eigenvalue weighted by atomic mass is 16.5. The molecule has 0 saturated heterocycles. The molecule has 0 radical (unpaired) electrons. The van der Waals surface area contributed by atoms with Gasteiger partial charge >= 0.3 is 0 Å². The molecule has 8 nitrogen and oxygen atoms in total. The maximum absolute atomic E-state index is 12.5. The van der Waals surface area contributed by atoms with Gasteiger partial charge in [-0.05, 0) is 46.3 Å². The summed E-state index contributed by atoms with van der Waals surface area (Å²) in [4.78, 5) is 31.3. The predicted octanol–water partition coefficient (Wildman–Crippen LogP) is 0.277. The Labute approximate surface area is 148 Å². The molecule has 140 valence electrons. The summed E-state index contributed by atoms with van der Waals surface area (Å²) in [5.41, 5.74) is 1.26. The first kappa shape index (κ1) is 19.4. The monoisotopic (exact) mass is 351 g/mol. The molecule has 0 fully saturated rings. The van der Waals surface area contributed by atoms with Crippen LogP contribution in [-0.2, 0) is 17.7 Å². The average molecular weight is 351 g/mol. The summed E-state index contributed by atoms with van der Waals surface area (Å²) in [6, 6.07) is 0. The van der Waals surface area contributed by atoms with Crippen LogP contribution in [0.5, 0.6) is 0 Å². The molecule has 2 amide bonds. The number of nitrogens with zero attached hydrogens (tertiary/aromatic N) is 3. The maximum Gasteiger partial charge on any atom is 0.287 e. The van der Waals surface area contributed by atoms with E-state index in [4.69, 9.17) is 4.74 Å². The number of fused-ring (bicyclic) bond motifs is 1. The quantitative estimate of drug-likeness (QED) is 0.624. The van der Waals surface area contributed by atoms with Crippen molar-refractivity contribution in [3.63, 3.8) is 0 Å². The molecule has 8 heteroatoms. The van der Waals surface area contributed by atoms with Gasteiger partial charge in [0.2, 0.25) is 0 Å². The zero-order valence-corrected chi connectivity index (χ0v) is 15.4. The second-order valence-corrected chi connectivity index (χ2v) is 6.50. The Morgan fingerprint density at radius 1 is 1.20 bits per heavy atom. The fraction of sp³-hybridized carbons (Fsp3) is 0.706. The normalized spacial score (nSPS) is 13.6. The van der Waals surface area contributed by atoms with Gasteiger partial charge in [-0.3, -0.25) is 9.59 Å². The minimum atomic E-state index is -0.258. The molecule has 1 aromatic rings. The largest absolute Gasteiger partial charge is 0.383 e. The lowest BCUT2D eigenvalue weighted by Gasteiger charge is -2.17. The van der Waals surface area contributed by atoms with Crippen molar-refractivity contribution in [2.45, 2.75) is 32.2 Å². The number of imidazole rings is 1. The number of nitrogens with one attached hydrogen (secondary N) is 2. The van der Waals surface area contributed by atoms with E-state index in [0.29, 0.717) is 31.2 Å². The van der Waals surface area contributed by atoms with Gasteiger partial charge in [-0.15, -0.1) is 0 Å². The minimum absolute atomic E-state index is 0.194. The van der Waals surface area contributed by atoms with Crippen LogP contribution in [-0.4, -0.2) is 73.7 Å².